The number of anilines is 2. The highest BCUT2D eigenvalue weighted by Gasteiger charge is 2.24. The van der Waals surface area contributed by atoms with Gasteiger partial charge in [0, 0.05) is 12.1 Å². The lowest BCUT2D eigenvalue weighted by atomic mass is 9.96. The van der Waals surface area contributed by atoms with E-state index in [1.54, 1.807) is 12.1 Å². The summed E-state index contributed by atoms with van der Waals surface area (Å²) in [5, 5.41) is 4.41. The second-order valence-corrected chi connectivity index (χ2v) is 11.0. The third-order valence-corrected chi connectivity index (χ3v) is 8.48. The van der Waals surface area contributed by atoms with Gasteiger partial charge in [0.1, 0.15) is 22.1 Å². The van der Waals surface area contributed by atoms with Crippen LogP contribution in [0.1, 0.15) is 37.8 Å². The molecule has 0 spiro atoms. The van der Waals surface area contributed by atoms with Gasteiger partial charge in [0.05, 0.1) is 38.1 Å². The largest absolute Gasteiger partial charge is 0.495 e. The number of nitrogens with one attached hydrogen (secondary N) is 2. The number of aryl methyl sites for hydroxylation is 1. The van der Waals surface area contributed by atoms with Crippen LogP contribution in [0.25, 0.3) is 10.4 Å². The Labute approximate surface area is 209 Å². The SMILES string of the molecule is COc1cc(OC)c(NS(=O)(=O)c2cc(-c3sc(NC4CCCCC4)nc3C)ccc2OC)cn1. The summed E-state index contributed by atoms with van der Waals surface area (Å²) < 4.78 is 45.2. The Morgan fingerprint density at radius 1 is 1.00 bits per heavy atom. The molecule has 4 rings (SSSR count). The minimum atomic E-state index is -4.03. The molecule has 0 unspecified atom stereocenters. The van der Waals surface area contributed by atoms with Crippen molar-refractivity contribution in [3.8, 4) is 27.8 Å². The molecule has 9 nitrogen and oxygen atoms in total. The van der Waals surface area contributed by atoms with Crippen LogP contribution in [0.4, 0.5) is 10.8 Å². The Morgan fingerprint density at radius 3 is 2.43 bits per heavy atom. The topological polar surface area (TPSA) is 112 Å². The Morgan fingerprint density at radius 2 is 1.74 bits per heavy atom. The summed E-state index contributed by atoms with van der Waals surface area (Å²) in [4.78, 5) is 9.69. The van der Waals surface area contributed by atoms with Crippen LogP contribution in [-0.2, 0) is 10.0 Å². The van der Waals surface area contributed by atoms with Gasteiger partial charge in [0.2, 0.25) is 5.88 Å². The molecule has 1 fully saturated rings. The number of hydrogen-bond acceptors (Lipinski definition) is 9. The molecule has 2 aromatic heterocycles. The zero-order chi connectivity index (χ0) is 25.0. The highest BCUT2D eigenvalue weighted by atomic mass is 32.2. The van der Waals surface area contributed by atoms with Crippen molar-refractivity contribution in [3.05, 3.63) is 36.2 Å². The number of aromatic nitrogens is 2. The van der Waals surface area contributed by atoms with Crippen LogP contribution < -0.4 is 24.2 Å². The third kappa shape index (κ3) is 5.62. The molecule has 1 aromatic carbocycles. The Balaban J connectivity index is 1.65. The van der Waals surface area contributed by atoms with E-state index in [2.05, 4.69) is 15.0 Å². The molecule has 1 saturated carbocycles. The molecule has 2 N–H and O–H groups in total. The predicted molar refractivity (Wildman–Crippen MR) is 137 cm³/mol. The molecule has 0 atom stereocenters. The minimum Gasteiger partial charge on any atom is -0.495 e. The summed E-state index contributed by atoms with van der Waals surface area (Å²) >= 11 is 1.53. The van der Waals surface area contributed by atoms with Crippen LogP contribution in [0.15, 0.2) is 35.4 Å². The normalized spacial score (nSPS) is 14.4. The van der Waals surface area contributed by atoms with Crippen LogP contribution in [0.3, 0.4) is 0 Å². The van der Waals surface area contributed by atoms with Crippen molar-refractivity contribution in [2.45, 2.75) is 50.0 Å². The van der Waals surface area contributed by atoms with Crippen molar-refractivity contribution in [3.63, 3.8) is 0 Å². The van der Waals surface area contributed by atoms with E-state index in [0.29, 0.717) is 11.9 Å². The van der Waals surface area contributed by atoms with Crippen LogP contribution in [0.5, 0.6) is 17.4 Å². The second-order valence-electron chi connectivity index (χ2n) is 8.31. The molecular weight excluding hydrogens is 488 g/mol. The number of hydrogen-bond donors (Lipinski definition) is 2. The monoisotopic (exact) mass is 518 g/mol. The minimum absolute atomic E-state index is 0.00459. The standard InChI is InChI=1S/C24H30N4O5S2/c1-15-23(34-24(26-15)27-17-8-6-5-7-9-17)16-10-11-19(31-2)21(12-16)35(29,30)28-18-14-25-22(33-4)13-20(18)32-3/h10-14,17,28H,5-9H2,1-4H3,(H,26,27). The first-order valence-corrected chi connectivity index (χ1v) is 13.7. The molecule has 1 aliphatic carbocycles. The van der Waals surface area contributed by atoms with Crippen LogP contribution >= 0.6 is 11.3 Å². The first-order chi connectivity index (χ1) is 16.8. The number of rotatable bonds is 9. The van der Waals surface area contributed by atoms with E-state index < -0.39 is 10.0 Å². The molecule has 2 heterocycles. The fraction of sp³-hybridized carbons (Fsp3) is 0.417. The fourth-order valence-electron chi connectivity index (χ4n) is 4.15. The van der Waals surface area contributed by atoms with Gasteiger partial charge in [-0.05, 0) is 43.5 Å². The smallest absolute Gasteiger partial charge is 0.265 e. The summed E-state index contributed by atoms with van der Waals surface area (Å²) in [6, 6.07) is 7.05. The lowest BCUT2D eigenvalue weighted by molar-refractivity contribution is 0.383. The third-order valence-electron chi connectivity index (χ3n) is 5.96. The van der Waals surface area contributed by atoms with Gasteiger partial charge in [-0.2, -0.15) is 0 Å². The molecule has 35 heavy (non-hydrogen) atoms. The number of thiazole rings is 1. The van der Waals surface area contributed by atoms with Gasteiger partial charge < -0.3 is 19.5 Å². The van der Waals surface area contributed by atoms with E-state index >= 15 is 0 Å². The van der Waals surface area contributed by atoms with Crippen LogP contribution in [0.2, 0.25) is 0 Å². The van der Waals surface area contributed by atoms with Gasteiger partial charge in [0.25, 0.3) is 10.0 Å². The van der Waals surface area contributed by atoms with Crippen LogP contribution in [-0.4, -0.2) is 45.8 Å². The lowest BCUT2D eigenvalue weighted by Gasteiger charge is -2.22. The molecule has 11 heteroatoms. The Hall–Kier alpha value is -3.05. The molecule has 0 radical (unpaired) electrons. The summed E-state index contributed by atoms with van der Waals surface area (Å²) in [5.41, 5.74) is 1.78. The van der Waals surface area contributed by atoms with Gasteiger partial charge in [-0.15, -0.1) is 0 Å². The molecule has 0 amide bonds. The van der Waals surface area contributed by atoms with Crippen molar-refractivity contribution in [1.82, 2.24) is 9.97 Å². The zero-order valence-corrected chi connectivity index (χ0v) is 21.9. The zero-order valence-electron chi connectivity index (χ0n) is 20.3. The van der Waals surface area contributed by atoms with Crippen molar-refractivity contribution in [1.29, 1.82) is 0 Å². The van der Waals surface area contributed by atoms with E-state index in [-0.39, 0.29) is 22.1 Å². The summed E-state index contributed by atoms with van der Waals surface area (Å²) in [6.07, 6.45) is 7.40. The van der Waals surface area contributed by atoms with Crippen LogP contribution in [0, 0.1) is 6.92 Å². The van der Waals surface area contributed by atoms with Crippen molar-refractivity contribution in [2.75, 3.05) is 31.4 Å². The maximum Gasteiger partial charge on any atom is 0.265 e. The molecule has 3 aromatic rings. The maximum atomic E-state index is 13.4. The number of sulfonamides is 1. The van der Waals surface area contributed by atoms with E-state index in [1.807, 2.05) is 13.0 Å². The Kier molecular flexibility index (Phi) is 7.66. The highest BCUT2D eigenvalue weighted by molar-refractivity contribution is 7.92. The fourth-order valence-corrected chi connectivity index (χ4v) is 6.44. The molecule has 1 aliphatic rings. The van der Waals surface area contributed by atoms with Gasteiger partial charge >= 0.3 is 0 Å². The number of benzene rings is 1. The first-order valence-electron chi connectivity index (χ1n) is 11.4. The molecular formula is C24H30N4O5S2. The van der Waals surface area contributed by atoms with Crippen molar-refractivity contribution < 1.29 is 22.6 Å². The Bertz CT molecular complexity index is 1290. The molecule has 0 aliphatic heterocycles. The van der Waals surface area contributed by atoms with Gasteiger partial charge in [-0.25, -0.2) is 18.4 Å². The highest BCUT2D eigenvalue weighted by Crippen LogP contribution is 2.38. The van der Waals surface area contributed by atoms with E-state index in [0.717, 1.165) is 34.1 Å². The van der Waals surface area contributed by atoms with E-state index in [9.17, 15) is 8.42 Å². The average molecular weight is 519 g/mol. The maximum absolute atomic E-state index is 13.4. The first kappa shape index (κ1) is 25.1. The summed E-state index contributed by atoms with van der Waals surface area (Å²) in [5.74, 6) is 0.819. The van der Waals surface area contributed by atoms with Crippen molar-refractivity contribution in [2.24, 2.45) is 0 Å². The molecule has 0 saturated heterocycles. The number of nitrogens with zero attached hydrogens (tertiary/aromatic N) is 2. The predicted octanol–water partition coefficient (Wildman–Crippen LogP) is 5.08. The van der Waals surface area contributed by atoms with Gasteiger partial charge in [-0.1, -0.05) is 30.6 Å². The average Bonchev–Trinajstić information content (AvgIpc) is 3.23. The quantitative estimate of drug-likeness (QED) is 0.403. The lowest BCUT2D eigenvalue weighted by Crippen LogP contribution is -2.21. The molecule has 188 valence electrons. The number of pyridine rings is 1. The molecule has 0 bridgehead atoms. The number of ether oxygens (including phenoxy) is 3. The van der Waals surface area contributed by atoms with E-state index in [1.165, 1.54) is 64.2 Å². The van der Waals surface area contributed by atoms with Crippen molar-refractivity contribution >= 4 is 32.2 Å². The summed E-state index contributed by atoms with van der Waals surface area (Å²) in [7, 11) is 0.319. The van der Waals surface area contributed by atoms with Gasteiger partial charge in [0.15, 0.2) is 5.13 Å². The van der Waals surface area contributed by atoms with E-state index in [4.69, 9.17) is 19.2 Å². The summed E-state index contributed by atoms with van der Waals surface area (Å²) in [6.45, 7) is 1.93. The van der Waals surface area contributed by atoms with Gasteiger partial charge in [-0.3, -0.25) is 4.72 Å². The number of methoxy groups -OCH3 is 3. The second kappa shape index (κ2) is 10.7.